The summed E-state index contributed by atoms with van der Waals surface area (Å²) in [5.74, 6) is 0.234. The summed E-state index contributed by atoms with van der Waals surface area (Å²) in [6.45, 7) is 4.26. The highest BCUT2D eigenvalue weighted by atomic mass is 16.3. The molecule has 122 valence electrons. The topological polar surface area (TPSA) is 83.0 Å². The Labute approximate surface area is 141 Å². The molecule has 3 aromatic rings. The van der Waals surface area contributed by atoms with Crippen molar-refractivity contribution in [2.24, 2.45) is 0 Å². The number of benzene rings is 2. The summed E-state index contributed by atoms with van der Waals surface area (Å²) in [6.07, 6.45) is 3.03. The molecule has 0 spiro atoms. The fourth-order valence-electron chi connectivity index (χ4n) is 3.27. The molecular weight excluding hydrogens is 298 g/mol. The molecule has 0 atom stereocenters. The van der Waals surface area contributed by atoms with E-state index in [0.717, 1.165) is 35.0 Å². The average Bonchev–Trinajstić information content (AvgIpc) is 2.60. The van der Waals surface area contributed by atoms with Gasteiger partial charge < -0.3 is 16.2 Å². The fraction of sp³-hybridized carbons (Fsp3) is 0.200. The SMILES string of the molecule is CCc1c(-c2ccc(O)cc2)nc2c(C=N)c(N)ccc2c1CC. The molecule has 0 bridgehead atoms. The molecule has 0 saturated carbocycles. The molecule has 0 aliphatic heterocycles. The molecule has 0 saturated heterocycles. The quantitative estimate of drug-likeness (QED) is 0.495. The van der Waals surface area contributed by atoms with Crippen molar-refractivity contribution in [2.75, 3.05) is 5.73 Å². The first kappa shape index (κ1) is 16.0. The number of hydrogen-bond acceptors (Lipinski definition) is 4. The first-order valence-electron chi connectivity index (χ1n) is 8.14. The normalized spacial score (nSPS) is 10.9. The third kappa shape index (κ3) is 2.50. The van der Waals surface area contributed by atoms with E-state index in [9.17, 15) is 5.11 Å². The lowest BCUT2D eigenvalue weighted by molar-refractivity contribution is 0.475. The van der Waals surface area contributed by atoms with Gasteiger partial charge in [-0.1, -0.05) is 19.9 Å². The Morgan fingerprint density at radius 1 is 1.04 bits per heavy atom. The van der Waals surface area contributed by atoms with Crippen LogP contribution < -0.4 is 5.73 Å². The van der Waals surface area contributed by atoms with Crippen molar-refractivity contribution in [2.45, 2.75) is 26.7 Å². The van der Waals surface area contributed by atoms with E-state index in [1.54, 1.807) is 12.1 Å². The summed E-state index contributed by atoms with van der Waals surface area (Å²) in [5.41, 5.74) is 12.3. The minimum Gasteiger partial charge on any atom is -0.508 e. The Morgan fingerprint density at radius 2 is 1.71 bits per heavy atom. The van der Waals surface area contributed by atoms with E-state index < -0.39 is 0 Å². The van der Waals surface area contributed by atoms with E-state index in [2.05, 4.69) is 13.8 Å². The van der Waals surface area contributed by atoms with Crippen molar-refractivity contribution in [1.29, 1.82) is 5.41 Å². The molecule has 0 aliphatic rings. The molecule has 0 fully saturated rings. The Bertz CT molecular complexity index is 915. The number of hydrogen-bond donors (Lipinski definition) is 3. The number of phenolic OH excluding ortho intramolecular Hbond substituents is 1. The minimum absolute atomic E-state index is 0.234. The third-order valence-corrected chi connectivity index (χ3v) is 4.44. The van der Waals surface area contributed by atoms with Crippen LogP contribution in [-0.4, -0.2) is 16.3 Å². The van der Waals surface area contributed by atoms with Crippen LogP contribution in [0.1, 0.15) is 30.5 Å². The zero-order valence-electron chi connectivity index (χ0n) is 13.9. The molecule has 0 aliphatic carbocycles. The van der Waals surface area contributed by atoms with E-state index >= 15 is 0 Å². The number of pyridine rings is 1. The van der Waals surface area contributed by atoms with Gasteiger partial charge in [-0.25, -0.2) is 4.98 Å². The van der Waals surface area contributed by atoms with Gasteiger partial charge >= 0.3 is 0 Å². The number of nitrogens with one attached hydrogen (secondary N) is 1. The summed E-state index contributed by atoms with van der Waals surface area (Å²) in [6, 6.07) is 10.9. The predicted octanol–water partition coefficient (Wildman–Crippen LogP) is 4.31. The van der Waals surface area contributed by atoms with E-state index in [1.165, 1.54) is 17.3 Å². The molecule has 4 nitrogen and oxygen atoms in total. The highest BCUT2D eigenvalue weighted by Gasteiger charge is 2.16. The molecule has 0 radical (unpaired) electrons. The summed E-state index contributed by atoms with van der Waals surface area (Å²) in [4.78, 5) is 4.87. The van der Waals surface area contributed by atoms with Crippen molar-refractivity contribution >= 4 is 22.8 Å². The van der Waals surface area contributed by atoms with Crippen molar-refractivity contribution in [3.05, 3.63) is 53.1 Å². The predicted molar refractivity (Wildman–Crippen MR) is 99.9 cm³/mol. The van der Waals surface area contributed by atoms with Gasteiger partial charge in [0.25, 0.3) is 0 Å². The molecule has 1 aromatic heterocycles. The molecule has 2 aromatic carbocycles. The molecule has 3 rings (SSSR count). The number of aromatic hydroxyl groups is 1. The summed E-state index contributed by atoms with van der Waals surface area (Å²) in [7, 11) is 0. The van der Waals surface area contributed by atoms with E-state index in [0.29, 0.717) is 11.3 Å². The van der Waals surface area contributed by atoms with E-state index in [1.807, 2.05) is 24.3 Å². The maximum absolute atomic E-state index is 9.55. The Kier molecular flexibility index (Phi) is 4.21. The molecule has 1 heterocycles. The van der Waals surface area contributed by atoms with Gasteiger partial charge in [0, 0.05) is 28.4 Å². The molecule has 4 N–H and O–H groups in total. The largest absolute Gasteiger partial charge is 0.508 e. The lowest BCUT2D eigenvalue weighted by Gasteiger charge is -2.17. The maximum atomic E-state index is 9.55. The number of fused-ring (bicyclic) bond motifs is 1. The highest BCUT2D eigenvalue weighted by Crippen LogP contribution is 2.34. The third-order valence-electron chi connectivity index (χ3n) is 4.44. The number of aryl methyl sites for hydroxylation is 1. The van der Waals surface area contributed by atoms with Crippen LogP contribution in [0.15, 0.2) is 36.4 Å². The van der Waals surface area contributed by atoms with Crippen LogP contribution >= 0.6 is 0 Å². The van der Waals surface area contributed by atoms with Gasteiger partial charge in [-0.2, -0.15) is 0 Å². The number of nitrogens with zero attached hydrogens (tertiary/aromatic N) is 1. The van der Waals surface area contributed by atoms with Crippen LogP contribution in [-0.2, 0) is 12.8 Å². The molecule has 4 heteroatoms. The second-order valence-electron chi connectivity index (χ2n) is 5.78. The number of aromatic nitrogens is 1. The minimum atomic E-state index is 0.234. The van der Waals surface area contributed by atoms with Gasteiger partial charge in [-0.05, 0) is 54.3 Å². The Morgan fingerprint density at radius 3 is 2.29 bits per heavy atom. The van der Waals surface area contributed by atoms with Crippen molar-refractivity contribution in [3.8, 4) is 17.0 Å². The van der Waals surface area contributed by atoms with Crippen LogP contribution in [0, 0.1) is 5.41 Å². The highest BCUT2D eigenvalue weighted by molar-refractivity contribution is 6.04. The standard InChI is InChI=1S/C20H21N3O/c1-3-14-15(4-2)19(12-5-7-13(24)8-6-12)23-20-16(14)9-10-18(22)17(20)11-21/h5-11,21,24H,3-4,22H2,1-2H3. The summed E-state index contributed by atoms with van der Waals surface area (Å²) in [5, 5.41) is 18.3. The monoisotopic (exact) mass is 319 g/mol. The van der Waals surface area contributed by atoms with Gasteiger partial charge in [0.15, 0.2) is 0 Å². The van der Waals surface area contributed by atoms with E-state index in [4.69, 9.17) is 16.1 Å². The van der Waals surface area contributed by atoms with Gasteiger partial charge in [0.1, 0.15) is 5.75 Å². The van der Waals surface area contributed by atoms with Gasteiger partial charge in [-0.15, -0.1) is 0 Å². The fourth-order valence-corrected chi connectivity index (χ4v) is 3.27. The molecule has 0 unspecified atom stereocenters. The van der Waals surface area contributed by atoms with Crippen LogP contribution in [0.5, 0.6) is 5.75 Å². The van der Waals surface area contributed by atoms with Crippen molar-refractivity contribution < 1.29 is 5.11 Å². The smallest absolute Gasteiger partial charge is 0.115 e. The lowest BCUT2D eigenvalue weighted by Crippen LogP contribution is -2.04. The zero-order chi connectivity index (χ0) is 17.3. The Balaban J connectivity index is 2.43. The van der Waals surface area contributed by atoms with Crippen LogP contribution in [0.4, 0.5) is 5.69 Å². The first-order valence-corrected chi connectivity index (χ1v) is 8.14. The Hall–Kier alpha value is -2.88. The zero-order valence-corrected chi connectivity index (χ0v) is 13.9. The molecule has 0 amide bonds. The number of rotatable bonds is 4. The van der Waals surface area contributed by atoms with Crippen molar-refractivity contribution in [1.82, 2.24) is 4.98 Å². The van der Waals surface area contributed by atoms with Crippen LogP contribution in [0.2, 0.25) is 0 Å². The number of nitrogens with two attached hydrogens (primary N) is 1. The number of anilines is 1. The van der Waals surface area contributed by atoms with Crippen LogP contribution in [0.25, 0.3) is 22.2 Å². The summed E-state index contributed by atoms with van der Waals surface area (Å²) >= 11 is 0. The van der Waals surface area contributed by atoms with Gasteiger partial charge in [0.2, 0.25) is 0 Å². The second-order valence-corrected chi connectivity index (χ2v) is 5.78. The van der Waals surface area contributed by atoms with E-state index in [-0.39, 0.29) is 5.75 Å². The maximum Gasteiger partial charge on any atom is 0.115 e. The van der Waals surface area contributed by atoms with Crippen molar-refractivity contribution in [3.63, 3.8) is 0 Å². The lowest BCUT2D eigenvalue weighted by atomic mass is 9.92. The van der Waals surface area contributed by atoms with Gasteiger partial charge in [-0.3, -0.25) is 0 Å². The number of nitrogen functional groups attached to an aromatic ring is 1. The molecule has 24 heavy (non-hydrogen) atoms. The first-order chi connectivity index (χ1) is 11.6. The number of phenols is 1. The summed E-state index contributed by atoms with van der Waals surface area (Å²) < 4.78 is 0. The second kappa shape index (κ2) is 6.32. The van der Waals surface area contributed by atoms with Crippen LogP contribution in [0.3, 0.4) is 0 Å². The van der Waals surface area contributed by atoms with Gasteiger partial charge in [0.05, 0.1) is 11.2 Å². The molecular formula is C20H21N3O. The average molecular weight is 319 g/mol.